The van der Waals surface area contributed by atoms with E-state index >= 15 is 0 Å². The van der Waals surface area contributed by atoms with E-state index in [2.05, 4.69) is 16.3 Å². The number of carbonyl (C=O) groups is 1. The van der Waals surface area contributed by atoms with Crippen LogP contribution in [-0.4, -0.2) is 55.2 Å². The maximum atomic E-state index is 13.4. The second-order valence-corrected chi connectivity index (χ2v) is 7.32. The number of hydrogen-bond acceptors (Lipinski definition) is 5. The molecule has 4 atom stereocenters. The molecule has 0 radical (unpaired) electrons. The number of rotatable bonds is 4. The number of fused-ring (bicyclic) bond motifs is 1. The monoisotopic (exact) mass is 353 g/mol. The summed E-state index contributed by atoms with van der Waals surface area (Å²) in [6.07, 6.45) is -0.971. The summed E-state index contributed by atoms with van der Waals surface area (Å²) in [6.45, 7) is 2.06. The number of likely N-dealkylation sites (tertiary alicyclic amines) is 1. The van der Waals surface area contributed by atoms with Crippen LogP contribution in [0, 0.1) is 34.5 Å². The van der Waals surface area contributed by atoms with Gasteiger partial charge in [0.05, 0.1) is 30.8 Å². The Balaban J connectivity index is 1.25. The lowest BCUT2D eigenvalue weighted by Crippen LogP contribution is -2.42. The lowest BCUT2D eigenvalue weighted by atomic mass is 10.2. The number of carbonyl (C=O) groups excluding carboxylic acids is 1. The second kappa shape index (κ2) is 6.59. The Bertz CT molecular complexity index is 771. The number of piperidine rings is 1. The fourth-order valence-corrected chi connectivity index (χ4v) is 4.28. The molecule has 1 aromatic carbocycles. The first-order chi connectivity index (χ1) is 12.6. The Morgan fingerprint density at radius 3 is 2.50 bits per heavy atom. The summed E-state index contributed by atoms with van der Waals surface area (Å²) in [7, 11) is 0. The van der Waals surface area contributed by atoms with Crippen LogP contribution in [0.4, 0.5) is 10.1 Å². The molecule has 6 nitrogen and oxygen atoms in total. The van der Waals surface area contributed by atoms with Crippen molar-refractivity contribution in [3.8, 4) is 12.1 Å². The maximum absolute atomic E-state index is 13.4. The normalized spacial score (nSPS) is 32.0. The number of nitrogens with zero attached hydrogens (tertiary/aromatic N) is 4. The van der Waals surface area contributed by atoms with Crippen LogP contribution >= 0.6 is 0 Å². The summed E-state index contributed by atoms with van der Waals surface area (Å²) < 4.78 is 13.4. The highest BCUT2D eigenvalue weighted by Crippen LogP contribution is 2.46. The average molecular weight is 353 g/mol. The van der Waals surface area contributed by atoms with E-state index in [-0.39, 0.29) is 25.4 Å². The number of nitriles is 2. The minimum atomic E-state index is -1.09. The van der Waals surface area contributed by atoms with E-state index in [0.29, 0.717) is 23.4 Å². The first-order valence-electron chi connectivity index (χ1n) is 8.92. The summed E-state index contributed by atoms with van der Waals surface area (Å²) in [5, 5.41) is 21.2. The summed E-state index contributed by atoms with van der Waals surface area (Å²) in [5.41, 5.74) is 1.78. The molecule has 1 aliphatic carbocycles. The first kappa shape index (κ1) is 16.8. The Labute approximate surface area is 151 Å². The van der Waals surface area contributed by atoms with Gasteiger partial charge in [-0.1, -0.05) is 0 Å². The molecule has 4 rings (SSSR count). The lowest BCUT2D eigenvalue weighted by Gasteiger charge is -2.23. The molecule has 0 spiro atoms. The number of amides is 1. The fraction of sp³-hybridized carbons (Fsp3) is 0.526. The Morgan fingerprint density at radius 1 is 1.19 bits per heavy atom. The average Bonchev–Trinajstić information content (AvgIpc) is 3.00. The summed E-state index contributed by atoms with van der Waals surface area (Å²) in [4.78, 5) is 15.9. The van der Waals surface area contributed by atoms with Crippen molar-refractivity contribution in [1.82, 2.24) is 10.2 Å². The van der Waals surface area contributed by atoms with Gasteiger partial charge in [0.25, 0.3) is 0 Å². The maximum Gasteiger partial charge on any atom is 0.237 e. The molecular weight excluding hydrogens is 333 g/mol. The molecule has 0 bridgehead atoms. The molecule has 26 heavy (non-hydrogen) atoms. The number of alkyl halides is 1. The fourth-order valence-electron chi connectivity index (χ4n) is 4.28. The third-order valence-electron chi connectivity index (χ3n) is 5.76. The second-order valence-electron chi connectivity index (χ2n) is 7.32. The van der Waals surface area contributed by atoms with Crippen molar-refractivity contribution in [3.63, 3.8) is 0 Å². The largest absolute Gasteiger partial charge is 0.371 e. The molecule has 1 amide bonds. The molecule has 3 aliphatic rings. The van der Waals surface area contributed by atoms with E-state index in [1.807, 2.05) is 30.3 Å². The third kappa shape index (κ3) is 3.00. The SMILES string of the molecule is N#Cc1ccc(N2CC3C(C2)C3NCC(=O)N2C[C@@H](F)C[C@H]2C#N)cc1. The Morgan fingerprint density at radius 2 is 1.88 bits per heavy atom. The van der Waals surface area contributed by atoms with Gasteiger partial charge < -0.3 is 15.1 Å². The van der Waals surface area contributed by atoms with Crippen molar-refractivity contribution in [2.45, 2.75) is 24.7 Å². The lowest BCUT2D eigenvalue weighted by molar-refractivity contribution is -0.130. The number of hydrogen-bond donors (Lipinski definition) is 1. The highest BCUT2D eigenvalue weighted by molar-refractivity contribution is 5.79. The van der Waals surface area contributed by atoms with E-state index in [0.717, 1.165) is 18.8 Å². The van der Waals surface area contributed by atoms with Gasteiger partial charge in [0.15, 0.2) is 0 Å². The summed E-state index contributed by atoms with van der Waals surface area (Å²) >= 11 is 0. The van der Waals surface area contributed by atoms with Crippen LogP contribution in [-0.2, 0) is 4.79 Å². The van der Waals surface area contributed by atoms with Crippen molar-refractivity contribution >= 4 is 11.6 Å². The molecule has 2 heterocycles. The molecule has 2 aliphatic heterocycles. The molecule has 3 fully saturated rings. The van der Waals surface area contributed by atoms with Gasteiger partial charge in [-0.05, 0) is 36.1 Å². The topological polar surface area (TPSA) is 83.2 Å². The molecular formula is C19H20FN5O. The zero-order chi connectivity index (χ0) is 18.3. The van der Waals surface area contributed by atoms with Crippen molar-refractivity contribution in [2.75, 3.05) is 31.1 Å². The predicted octanol–water partition coefficient (Wildman–Crippen LogP) is 1.05. The van der Waals surface area contributed by atoms with E-state index in [1.54, 1.807) is 0 Å². The van der Waals surface area contributed by atoms with Crippen LogP contribution in [0.15, 0.2) is 24.3 Å². The summed E-state index contributed by atoms with van der Waals surface area (Å²) in [5.74, 6) is 0.834. The van der Waals surface area contributed by atoms with Gasteiger partial charge in [-0.25, -0.2) is 4.39 Å². The minimum absolute atomic E-state index is 0.0305. The van der Waals surface area contributed by atoms with Crippen LogP contribution in [0.3, 0.4) is 0 Å². The van der Waals surface area contributed by atoms with Gasteiger partial charge in [-0.2, -0.15) is 10.5 Å². The molecule has 1 aromatic rings. The van der Waals surface area contributed by atoms with E-state index in [1.165, 1.54) is 4.90 Å². The van der Waals surface area contributed by atoms with Gasteiger partial charge in [0.2, 0.25) is 5.91 Å². The number of benzene rings is 1. The predicted molar refractivity (Wildman–Crippen MR) is 92.8 cm³/mol. The number of halogens is 1. The van der Waals surface area contributed by atoms with Gasteiger partial charge >= 0.3 is 0 Å². The Kier molecular flexibility index (Phi) is 4.26. The minimum Gasteiger partial charge on any atom is -0.371 e. The molecule has 7 heteroatoms. The molecule has 134 valence electrons. The van der Waals surface area contributed by atoms with Gasteiger partial charge in [-0.3, -0.25) is 4.79 Å². The zero-order valence-corrected chi connectivity index (χ0v) is 14.3. The van der Waals surface area contributed by atoms with Crippen LogP contribution in [0.5, 0.6) is 0 Å². The van der Waals surface area contributed by atoms with Crippen LogP contribution in [0.2, 0.25) is 0 Å². The molecule has 2 saturated heterocycles. The number of anilines is 1. The standard InChI is InChI=1S/C19H20FN5O/c20-13-5-15(7-22)25(9-13)18(26)8-23-19-16-10-24(11-17(16)19)14-3-1-12(6-21)2-4-14/h1-4,13,15-17,19,23H,5,8-11H2/t13-,15-,16?,17?,19?/m0/s1. The highest BCUT2D eigenvalue weighted by atomic mass is 19.1. The van der Waals surface area contributed by atoms with Crippen LogP contribution < -0.4 is 10.2 Å². The van der Waals surface area contributed by atoms with Crippen molar-refractivity contribution in [2.24, 2.45) is 11.8 Å². The highest BCUT2D eigenvalue weighted by Gasteiger charge is 2.55. The van der Waals surface area contributed by atoms with Gasteiger partial charge in [0, 0.05) is 31.2 Å². The number of nitrogens with one attached hydrogen (secondary N) is 1. The van der Waals surface area contributed by atoms with Crippen molar-refractivity contribution in [1.29, 1.82) is 10.5 Å². The van der Waals surface area contributed by atoms with Gasteiger partial charge in [-0.15, -0.1) is 0 Å². The quantitative estimate of drug-likeness (QED) is 0.875. The molecule has 1 saturated carbocycles. The summed E-state index contributed by atoms with van der Waals surface area (Å²) in [6, 6.07) is 11.4. The van der Waals surface area contributed by atoms with E-state index < -0.39 is 12.2 Å². The van der Waals surface area contributed by atoms with E-state index in [9.17, 15) is 9.18 Å². The van der Waals surface area contributed by atoms with Crippen molar-refractivity contribution in [3.05, 3.63) is 29.8 Å². The first-order valence-corrected chi connectivity index (χ1v) is 8.92. The van der Waals surface area contributed by atoms with E-state index in [4.69, 9.17) is 10.5 Å². The molecule has 0 aromatic heterocycles. The Hall–Kier alpha value is -2.64. The van der Waals surface area contributed by atoms with Crippen LogP contribution in [0.25, 0.3) is 0 Å². The van der Waals surface area contributed by atoms with Crippen LogP contribution in [0.1, 0.15) is 12.0 Å². The van der Waals surface area contributed by atoms with Gasteiger partial charge in [0.1, 0.15) is 12.2 Å². The molecule has 1 N–H and O–H groups in total. The zero-order valence-electron chi connectivity index (χ0n) is 14.3. The smallest absolute Gasteiger partial charge is 0.237 e. The van der Waals surface area contributed by atoms with Crippen molar-refractivity contribution < 1.29 is 9.18 Å². The third-order valence-corrected chi connectivity index (χ3v) is 5.76. The molecule has 2 unspecified atom stereocenters.